The first kappa shape index (κ1) is 8.02. The van der Waals surface area contributed by atoms with Crippen LogP contribution in [-0.2, 0) is 4.74 Å². The molecule has 0 aromatic rings. The molecule has 0 aliphatic carbocycles. The third-order valence-electron chi connectivity index (χ3n) is 1.50. The first-order chi connectivity index (χ1) is 4.20. The summed E-state index contributed by atoms with van der Waals surface area (Å²) in [5, 5.41) is 0.209. The van der Waals surface area contributed by atoms with E-state index < -0.39 is 0 Å². The molecular formula is C6H10Br2O. The lowest BCUT2D eigenvalue weighted by molar-refractivity contribution is 0.0170. The van der Waals surface area contributed by atoms with E-state index in [1.165, 1.54) is 6.42 Å². The van der Waals surface area contributed by atoms with Crippen molar-refractivity contribution in [3.8, 4) is 0 Å². The Balaban J connectivity index is 2.35. The monoisotopic (exact) mass is 256 g/mol. The Labute approximate surface area is 72.4 Å². The molecular weight excluding hydrogens is 248 g/mol. The minimum Gasteiger partial charge on any atom is -0.363 e. The van der Waals surface area contributed by atoms with Gasteiger partial charge in [-0.15, -0.1) is 0 Å². The zero-order valence-corrected chi connectivity index (χ0v) is 8.48. The summed E-state index contributed by atoms with van der Waals surface area (Å²) in [4.78, 5) is 0.494. The van der Waals surface area contributed by atoms with Crippen molar-refractivity contribution in [2.24, 2.45) is 0 Å². The maximum atomic E-state index is 5.47. The molecule has 1 fully saturated rings. The molecule has 0 aromatic carbocycles. The Kier molecular flexibility index (Phi) is 2.99. The van der Waals surface area contributed by atoms with Crippen LogP contribution < -0.4 is 0 Å². The third kappa shape index (κ3) is 2.20. The van der Waals surface area contributed by atoms with Crippen LogP contribution in [0.2, 0.25) is 0 Å². The number of ether oxygens (including phenoxy) is 1. The molecule has 3 heteroatoms. The summed E-state index contributed by atoms with van der Waals surface area (Å²) in [6.07, 6.45) is 2.79. The van der Waals surface area contributed by atoms with Crippen LogP contribution in [0.5, 0.6) is 0 Å². The number of hydrogen-bond acceptors (Lipinski definition) is 1. The van der Waals surface area contributed by atoms with E-state index in [4.69, 9.17) is 4.74 Å². The van der Waals surface area contributed by atoms with Crippen LogP contribution in [0.1, 0.15) is 19.8 Å². The summed E-state index contributed by atoms with van der Waals surface area (Å²) >= 11 is 6.93. The van der Waals surface area contributed by atoms with Crippen molar-refractivity contribution in [2.45, 2.75) is 35.7 Å². The minimum absolute atomic E-state index is 0.209. The molecule has 3 unspecified atom stereocenters. The van der Waals surface area contributed by atoms with E-state index in [0.717, 1.165) is 6.42 Å². The Bertz CT molecular complexity index is 97.1. The molecule has 1 heterocycles. The highest BCUT2D eigenvalue weighted by Gasteiger charge is 2.24. The number of halogens is 2. The molecule has 1 aliphatic rings. The average molecular weight is 258 g/mol. The van der Waals surface area contributed by atoms with Gasteiger partial charge in [0.05, 0.1) is 10.9 Å². The molecule has 0 aromatic heterocycles. The maximum absolute atomic E-state index is 5.47. The van der Waals surface area contributed by atoms with Crippen LogP contribution in [0.25, 0.3) is 0 Å². The highest BCUT2D eigenvalue weighted by atomic mass is 79.9. The zero-order valence-electron chi connectivity index (χ0n) is 5.31. The summed E-state index contributed by atoms with van der Waals surface area (Å²) < 4.78 is 5.47. The minimum atomic E-state index is 0.209. The summed E-state index contributed by atoms with van der Waals surface area (Å²) in [7, 11) is 0. The fourth-order valence-corrected chi connectivity index (χ4v) is 1.92. The lowest BCUT2D eigenvalue weighted by atomic mass is 10.1. The lowest BCUT2D eigenvalue weighted by Gasteiger charge is -2.27. The van der Waals surface area contributed by atoms with E-state index in [1.807, 2.05) is 0 Å². The van der Waals surface area contributed by atoms with E-state index in [-0.39, 0.29) is 5.01 Å². The molecule has 0 saturated carbocycles. The molecule has 3 atom stereocenters. The van der Waals surface area contributed by atoms with Crippen molar-refractivity contribution in [1.29, 1.82) is 0 Å². The van der Waals surface area contributed by atoms with Crippen molar-refractivity contribution in [1.82, 2.24) is 0 Å². The molecule has 1 saturated heterocycles. The maximum Gasteiger partial charge on any atom is 0.125 e. The van der Waals surface area contributed by atoms with Crippen LogP contribution in [0, 0.1) is 0 Å². The average Bonchev–Trinajstić information content (AvgIpc) is 1.80. The van der Waals surface area contributed by atoms with Crippen molar-refractivity contribution in [2.75, 3.05) is 0 Å². The standard InChI is InChI=1S/C6H10Br2O/c1-4-2-3-5(7)6(8)9-4/h4-6H,2-3H2,1H3. The molecule has 54 valence electrons. The van der Waals surface area contributed by atoms with Gasteiger partial charge in [-0.3, -0.25) is 0 Å². The number of hydrogen-bond donors (Lipinski definition) is 0. The first-order valence-electron chi connectivity index (χ1n) is 3.14. The van der Waals surface area contributed by atoms with Gasteiger partial charge in [-0.05, 0) is 19.8 Å². The first-order valence-corrected chi connectivity index (χ1v) is 4.97. The summed E-state index contributed by atoms with van der Waals surface area (Å²) in [5.41, 5.74) is 0. The molecule has 0 spiro atoms. The molecule has 9 heavy (non-hydrogen) atoms. The van der Waals surface area contributed by atoms with E-state index in [0.29, 0.717) is 10.9 Å². The summed E-state index contributed by atoms with van der Waals surface area (Å²) in [6.45, 7) is 2.10. The normalized spacial score (nSPS) is 45.0. The predicted molar refractivity (Wildman–Crippen MR) is 45.2 cm³/mol. The van der Waals surface area contributed by atoms with Gasteiger partial charge in [0.25, 0.3) is 0 Å². The van der Waals surface area contributed by atoms with Crippen molar-refractivity contribution in [3.05, 3.63) is 0 Å². The van der Waals surface area contributed by atoms with Gasteiger partial charge in [0.15, 0.2) is 0 Å². The topological polar surface area (TPSA) is 9.23 Å². The highest BCUT2D eigenvalue weighted by molar-refractivity contribution is 9.12. The van der Waals surface area contributed by atoms with Crippen molar-refractivity contribution >= 4 is 31.9 Å². The quantitative estimate of drug-likeness (QED) is 0.607. The van der Waals surface area contributed by atoms with E-state index in [9.17, 15) is 0 Å². The van der Waals surface area contributed by atoms with Crippen LogP contribution >= 0.6 is 31.9 Å². The van der Waals surface area contributed by atoms with Gasteiger partial charge in [-0.1, -0.05) is 31.9 Å². The Hall–Kier alpha value is 0.920. The molecule has 1 aliphatic heterocycles. The second-order valence-electron chi connectivity index (χ2n) is 2.39. The molecule has 0 bridgehead atoms. The van der Waals surface area contributed by atoms with Gasteiger partial charge in [0.1, 0.15) is 5.01 Å². The highest BCUT2D eigenvalue weighted by Crippen LogP contribution is 2.28. The fraction of sp³-hybridized carbons (Fsp3) is 1.00. The van der Waals surface area contributed by atoms with Crippen LogP contribution in [0.3, 0.4) is 0 Å². The SMILES string of the molecule is CC1CCC(Br)C(Br)O1. The molecule has 1 nitrogen and oxygen atoms in total. The zero-order chi connectivity index (χ0) is 6.85. The summed E-state index contributed by atoms with van der Waals surface area (Å²) in [5.74, 6) is 0. The van der Waals surface area contributed by atoms with Crippen LogP contribution in [0.15, 0.2) is 0 Å². The van der Waals surface area contributed by atoms with Crippen molar-refractivity contribution < 1.29 is 4.74 Å². The number of alkyl halides is 2. The van der Waals surface area contributed by atoms with Crippen LogP contribution in [-0.4, -0.2) is 15.9 Å². The summed E-state index contributed by atoms with van der Waals surface area (Å²) in [6, 6.07) is 0. The van der Waals surface area contributed by atoms with Gasteiger partial charge in [-0.25, -0.2) is 0 Å². The number of rotatable bonds is 0. The second kappa shape index (κ2) is 3.35. The molecule has 0 amide bonds. The van der Waals surface area contributed by atoms with E-state index in [1.54, 1.807) is 0 Å². The fourth-order valence-electron chi connectivity index (χ4n) is 0.900. The van der Waals surface area contributed by atoms with E-state index in [2.05, 4.69) is 38.8 Å². The van der Waals surface area contributed by atoms with Gasteiger partial charge in [0.2, 0.25) is 0 Å². The lowest BCUT2D eigenvalue weighted by Crippen LogP contribution is -2.29. The van der Waals surface area contributed by atoms with Gasteiger partial charge in [-0.2, -0.15) is 0 Å². The third-order valence-corrected chi connectivity index (χ3v) is 4.00. The largest absolute Gasteiger partial charge is 0.363 e. The molecule has 1 rings (SSSR count). The second-order valence-corrected chi connectivity index (χ2v) is 4.47. The Morgan fingerprint density at radius 1 is 1.33 bits per heavy atom. The van der Waals surface area contributed by atoms with Gasteiger partial charge in [0, 0.05) is 0 Å². The molecule has 0 N–H and O–H groups in total. The van der Waals surface area contributed by atoms with Crippen molar-refractivity contribution in [3.63, 3.8) is 0 Å². The smallest absolute Gasteiger partial charge is 0.125 e. The predicted octanol–water partition coefficient (Wildman–Crippen LogP) is 2.67. The van der Waals surface area contributed by atoms with Gasteiger partial charge < -0.3 is 4.74 Å². The Morgan fingerprint density at radius 2 is 2.00 bits per heavy atom. The van der Waals surface area contributed by atoms with Gasteiger partial charge >= 0.3 is 0 Å². The van der Waals surface area contributed by atoms with Crippen LogP contribution in [0.4, 0.5) is 0 Å². The molecule has 0 radical (unpaired) electrons. The Morgan fingerprint density at radius 3 is 2.44 bits per heavy atom. The van der Waals surface area contributed by atoms with E-state index >= 15 is 0 Å².